The standard InChI is InChI=1S/C14H7F6N5O2/c15-13(16,17)11-3-5-23(21-11)9-2-1-8(25(26)27)7-10(9)24-6-4-12(22-24)14(18,19)20/h1-7H. The third-order valence-electron chi connectivity index (χ3n) is 3.42. The molecule has 0 N–H and O–H groups in total. The second kappa shape index (κ2) is 6.10. The average molecular weight is 391 g/mol. The van der Waals surface area contributed by atoms with Crippen LogP contribution in [0, 0.1) is 10.1 Å². The van der Waals surface area contributed by atoms with E-state index in [0.717, 1.165) is 35.3 Å². The number of alkyl halides is 6. The lowest BCUT2D eigenvalue weighted by Crippen LogP contribution is -2.10. The molecule has 3 aromatic rings. The van der Waals surface area contributed by atoms with Gasteiger partial charge < -0.3 is 0 Å². The van der Waals surface area contributed by atoms with E-state index >= 15 is 0 Å². The summed E-state index contributed by atoms with van der Waals surface area (Å²) in [5, 5.41) is 17.6. The maximum atomic E-state index is 12.8. The first-order chi connectivity index (χ1) is 12.5. The van der Waals surface area contributed by atoms with Crippen molar-refractivity contribution in [3.05, 3.63) is 64.2 Å². The van der Waals surface area contributed by atoms with Gasteiger partial charge in [0.15, 0.2) is 11.4 Å². The number of nitrogens with zero attached hydrogens (tertiary/aromatic N) is 5. The monoisotopic (exact) mass is 391 g/mol. The van der Waals surface area contributed by atoms with Gasteiger partial charge in [0.25, 0.3) is 5.69 Å². The molecule has 0 aliphatic heterocycles. The number of nitro benzene ring substituents is 1. The molecule has 3 rings (SSSR count). The number of aromatic nitrogens is 4. The second-order valence-electron chi connectivity index (χ2n) is 5.22. The first-order valence-electron chi connectivity index (χ1n) is 7.02. The van der Waals surface area contributed by atoms with Crippen LogP contribution in [-0.4, -0.2) is 24.5 Å². The van der Waals surface area contributed by atoms with E-state index in [9.17, 15) is 36.5 Å². The molecule has 0 atom stereocenters. The van der Waals surface area contributed by atoms with Gasteiger partial charge in [-0.3, -0.25) is 10.1 Å². The van der Waals surface area contributed by atoms with Gasteiger partial charge in [-0.15, -0.1) is 0 Å². The first-order valence-corrected chi connectivity index (χ1v) is 7.02. The van der Waals surface area contributed by atoms with Crippen LogP contribution in [0.4, 0.5) is 32.0 Å². The number of hydrogen-bond acceptors (Lipinski definition) is 4. The van der Waals surface area contributed by atoms with Crippen LogP contribution in [0.5, 0.6) is 0 Å². The van der Waals surface area contributed by atoms with Crippen molar-refractivity contribution in [3.63, 3.8) is 0 Å². The fourth-order valence-corrected chi connectivity index (χ4v) is 2.22. The molecule has 2 heterocycles. The lowest BCUT2D eigenvalue weighted by molar-refractivity contribution is -0.384. The van der Waals surface area contributed by atoms with Crippen molar-refractivity contribution >= 4 is 5.69 Å². The molecule has 142 valence electrons. The van der Waals surface area contributed by atoms with Crippen molar-refractivity contribution in [2.24, 2.45) is 0 Å². The van der Waals surface area contributed by atoms with Crippen molar-refractivity contribution in [1.82, 2.24) is 19.6 Å². The molecule has 0 aliphatic carbocycles. The van der Waals surface area contributed by atoms with E-state index in [1.54, 1.807) is 0 Å². The fraction of sp³-hybridized carbons (Fsp3) is 0.143. The smallest absolute Gasteiger partial charge is 0.258 e. The molecule has 0 aliphatic rings. The van der Waals surface area contributed by atoms with E-state index in [-0.39, 0.29) is 11.4 Å². The molecule has 27 heavy (non-hydrogen) atoms. The largest absolute Gasteiger partial charge is 0.435 e. The van der Waals surface area contributed by atoms with Gasteiger partial charge in [0.1, 0.15) is 0 Å². The Bertz CT molecular complexity index is 1000. The minimum Gasteiger partial charge on any atom is -0.258 e. The van der Waals surface area contributed by atoms with E-state index in [1.165, 1.54) is 0 Å². The van der Waals surface area contributed by atoms with Gasteiger partial charge in [0.05, 0.1) is 16.3 Å². The molecule has 0 amide bonds. The minimum atomic E-state index is -4.76. The van der Waals surface area contributed by atoms with Gasteiger partial charge in [0.2, 0.25) is 0 Å². The zero-order valence-corrected chi connectivity index (χ0v) is 12.9. The highest BCUT2D eigenvalue weighted by Crippen LogP contribution is 2.31. The number of nitro groups is 1. The lowest BCUT2D eigenvalue weighted by atomic mass is 10.2. The third-order valence-corrected chi connectivity index (χ3v) is 3.42. The molecule has 2 aromatic heterocycles. The van der Waals surface area contributed by atoms with Crippen LogP contribution in [0.25, 0.3) is 11.4 Å². The van der Waals surface area contributed by atoms with Crippen molar-refractivity contribution in [3.8, 4) is 11.4 Å². The Morgan fingerprint density at radius 2 is 1.30 bits per heavy atom. The summed E-state index contributed by atoms with van der Waals surface area (Å²) in [6.07, 6.45) is -7.68. The normalized spacial score (nSPS) is 12.4. The second-order valence-corrected chi connectivity index (χ2v) is 5.22. The number of halogens is 6. The SMILES string of the molecule is O=[N+]([O-])c1ccc(-n2ccc(C(F)(F)F)n2)c(-n2ccc(C(F)(F)F)n2)c1. The first kappa shape index (κ1) is 18.4. The maximum Gasteiger partial charge on any atom is 0.435 e. The number of non-ortho nitro benzene ring substituents is 1. The molecule has 0 unspecified atom stereocenters. The van der Waals surface area contributed by atoms with Gasteiger partial charge >= 0.3 is 12.4 Å². The Hall–Kier alpha value is -3.38. The Kier molecular flexibility index (Phi) is 4.16. The molecular formula is C14H7F6N5O2. The molecule has 0 bridgehead atoms. The van der Waals surface area contributed by atoms with Crippen molar-refractivity contribution < 1.29 is 31.3 Å². The molecule has 0 saturated carbocycles. The highest BCUT2D eigenvalue weighted by molar-refractivity contribution is 5.57. The molecule has 0 radical (unpaired) electrons. The zero-order valence-electron chi connectivity index (χ0n) is 12.9. The van der Waals surface area contributed by atoms with Crippen molar-refractivity contribution in [1.29, 1.82) is 0 Å². The Labute approximate surface area is 145 Å². The van der Waals surface area contributed by atoms with E-state index in [1.807, 2.05) is 0 Å². The summed E-state index contributed by atoms with van der Waals surface area (Å²) in [4.78, 5) is 10.2. The van der Waals surface area contributed by atoms with E-state index in [2.05, 4.69) is 10.2 Å². The quantitative estimate of drug-likeness (QED) is 0.384. The summed E-state index contributed by atoms with van der Waals surface area (Å²) in [6, 6.07) is 4.23. The molecule has 0 fully saturated rings. The summed E-state index contributed by atoms with van der Waals surface area (Å²) in [6.45, 7) is 0. The van der Waals surface area contributed by atoms with Crippen LogP contribution >= 0.6 is 0 Å². The number of hydrogen-bond donors (Lipinski definition) is 0. The van der Waals surface area contributed by atoms with Crippen LogP contribution in [0.15, 0.2) is 42.7 Å². The molecule has 7 nitrogen and oxygen atoms in total. The van der Waals surface area contributed by atoms with Crippen LogP contribution < -0.4 is 0 Å². The van der Waals surface area contributed by atoms with E-state index < -0.39 is 34.4 Å². The topological polar surface area (TPSA) is 78.8 Å². The molecule has 0 saturated heterocycles. The molecule has 0 spiro atoms. The summed E-state index contributed by atoms with van der Waals surface area (Å²) in [5.74, 6) is 0. The van der Waals surface area contributed by atoms with Gasteiger partial charge in [-0.25, -0.2) is 9.36 Å². The van der Waals surface area contributed by atoms with Crippen LogP contribution in [-0.2, 0) is 12.4 Å². The number of rotatable bonds is 3. The van der Waals surface area contributed by atoms with Gasteiger partial charge in [-0.05, 0) is 18.2 Å². The predicted octanol–water partition coefficient (Wildman–Crippen LogP) is 4.00. The summed E-state index contributed by atoms with van der Waals surface area (Å²) >= 11 is 0. The Morgan fingerprint density at radius 3 is 1.70 bits per heavy atom. The lowest BCUT2D eigenvalue weighted by Gasteiger charge is -2.10. The molecule has 13 heteroatoms. The Morgan fingerprint density at radius 1 is 0.815 bits per heavy atom. The summed E-state index contributed by atoms with van der Waals surface area (Å²) in [5.41, 5.74) is -3.37. The zero-order chi connectivity index (χ0) is 20.0. The van der Waals surface area contributed by atoms with Crippen molar-refractivity contribution in [2.45, 2.75) is 12.4 Å². The van der Waals surface area contributed by atoms with Gasteiger partial charge in [0, 0.05) is 24.5 Å². The maximum absolute atomic E-state index is 12.8. The molecular weight excluding hydrogens is 384 g/mol. The average Bonchev–Trinajstić information content (AvgIpc) is 3.23. The summed E-state index contributed by atoms with van der Waals surface area (Å²) in [7, 11) is 0. The predicted molar refractivity (Wildman–Crippen MR) is 77.3 cm³/mol. The fourth-order valence-electron chi connectivity index (χ4n) is 2.22. The Balaban J connectivity index is 2.16. The summed E-state index contributed by atoms with van der Waals surface area (Å²) < 4.78 is 77.9. The highest BCUT2D eigenvalue weighted by Gasteiger charge is 2.35. The molecule has 1 aromatic carbocycles. The van der Waals surface area contributed by atoms with E-state index in [4.69, 9.17) is 0 Å². The highest BCUT2D eigenvalue weighted by atomic mass is 19.4. The van der Waals surface area contributed by atoms with Crippen LogP contribution in [0.2, 0.25) is 0 Å². The van der Waals surface area contributed by atoms with Crippen LogP contribution in [0.1, 0.15) is 11.4 Å². The van der Waals surface area contributed by atoms with Gasteiger partial charge in [-0.2, -0.15) is 36.5 Å². The number of benzene rings is 1. The third kappa shape index (κ3) is 3.61. The van der Waals surface area contributed by atoms with Crippen molar-refractivity contribution in [2.75, 3.05) is 0 Å². The van der Waals surface area contributed by atoms with E-state index in [0.29, 0.717) is 16.8 Å². The van der Waals surface area contributed by atoms with Crippen LogP contribution in [0.3, 0.4) is 0 Å². The minimum absolute atomic E-state index is 0.132. The van der Waals surface area contributed by atoms with Gasteiger partial charge in [-0.1, -0.05) is 0 Å².